The maximum atomic E-state index is 11.9. The number of hydrogen-bond acceptors (Lipinski definition) is 3. The van der Waals surface area contributed by atoms with Crippen LogP contribution in [-0.2, 0) is 11.2 Å². The van der Waals surface area contributed by atoms with Crippen LogP contribution >= 0.6 is 0 Å². The normalized spacial score (nSPS) is 16.2. The zero-order valence-electron chi connectivity index (χ0n) is 9.66. The molecule has 0 spiro atoms. The molecule has 86 valence electrons. The summed E-state index contributed by atoms with van der Waals surface area (Å²) in [4.78, 5) is 13.7. The van der Waals surface area contributed by atoms with E-state index in [9.17, 15) is 4.79 Å². The average molecular weight is 219 g/mol. The predicted octanol–water partition coefficient (Wildman–Crippen LogP) is 0.965. The van der Waals surface area contributed by atoms with E-state index in [1.807, 2.05) is 32.2 Å². The van der Waals surface area contributed by atoms with Gasteiger partial charge in [-0.2, -0.15) is 0 Å². The number of carbonyl (C=O) groups is 1. The first-order valence-electron chi connectivity index (χ1n) is 5.50. The standard InChI is InChI=1S/C12H17N3O/c1-8(7-13)15-11-4-3-10(14-2)5-9(11)6-12(15)16/h3-5,8,14H,6-7,13H2,1-2H3. The molecule has 0 fully saturated rings. The molecular formula is C12H17N3O. The van der Waals surface area contributed by atoms with Crippen molar-refractivity contribution in [2.45, 2.75) is 19.4 Å². The van der Waals surface area contributed by atoms with E-state index in [2.05, 4.69) is 5.32 Å². The molecule has 1 unspecified atom stereocenters. The van der Waals surface area contributed by atoms with Crippen molar-refractivity contribution in [3.63, 3.8) is 0 Å². The quantitative estimate of drug-likeness (QED) is 0.796. The second-order valence-electron chi connectivity index (χ2n) is 4.12. The second kappa shape index (κ2) is 4.14. The van der Waals surface area contributed by atoms with Crippen LogP contribution in [0.2, 0.25) is 0 Å². The minimum atomic E-state index is 0.0641. The summed E-state index contributed by atoms with van der Waals surface area (Å²) in [5.74, 6) is 0.140. The number of hydrogen-bond donors (Lipinski definition) is 2. The molecule has 1 aromatic carbocycles. The van der Waals surface area contributed by atoms with Gasteiger partial charge in [-0.3, -0.25) is 4.79 Å². The Morgan fingerprint density at radius 3 is 2.94 bits per heavy atom. The Balaban J connectivity index is 2.38. The summed E-state index contributed by atoms with van der Waals surface area (Å²) in [6, 6.07) is 6.05. The van der Waals surface area contributed by atoms with Crippen molar-refractivity contribution in [3.05, 3.63) is 23.8 Å². The topological polar surface area (TPSA) is 58.4 Å². The van der Waals surface area contributed by atoms with Crippen LogP contribution in [0.15, 0.2) is 18.2 Å². The smallest absolute Gasteiger partial charge is 0.231 e. The Morgan fingerprint density at radius 2 is 2.31 bits per heavy atom. The van der Waals surface area contributed by atoms with Gasteiger partial charge in [0.15, 0.2) is 0 Å². The van der Waals surface area contributed by atoms with E-state index in [4.69, 9.17) is 5.73 Å². The number of benzene rings is 1. The molecule has 4 nitrogen and oxygen atoms in total. The summed E-state index contributed by atoms with van der Waals surface area (Å²) in [5.41, 5.74) is 8.74. The third kappa shape index (κ3) is 1.65. The van der Waals surface area contributed by atoms with Gasteiger partial charge in [0.05, 0.1) is 6.42 Å². The first-order chi connectivity index (χ1) is 7.67. The third-order valence-electron chi connectivity index (χ3n) is 3.02. The average Bonchev–Trinajstić information content (AvgIpc) is 2.62. The minimum Gasteiger partial charge on any atom is -0.388 e. The lowest BCUT2D eigenvalue weighted by Gasteiger charge is -2.24. The highest BCUT2D eigenvalue weighted by atomic mass is 16.2. The number of fused-ring (bicyclic) bond motifs is 1. The summed E-state index contributed by atoms with van der Waals surface area (Å²) in [6.07, 6.45) is 0.481. The highest BCUT2D eigenvalue weighted by Gasteiger charge is 2.30. The number of nitrogens with two attached hydrogens (primary N) is 1. The van der Waals surface area contributed by atoms with Crippen LogP contribution in [0.4, 0.5) is 11.4 Å². The minimum absolute atomic E-state index is 0.0641. The van der Waals surface area contributed by atoms with Crippen molar-refractivity contribution >= 4 is 17.3 Å². The van der Waals surface area contributed by atoms with E-state index < -0.39 is 0 Å². The van der Waals surface area contributed by atoms with E-state index in [0.29, 0.717) is 13.0 Å². The number of amides is 1. The predicted molar refractivity (Wildman–Crippen MR) is 65.7 cm³/mol. The van der Waals surface area contributed by atoms with Crippen LogP contribution in [0.5, 0.6) is 0 Å². The van der Waals surface area contributed by atoms with Crippen molar-refractivity contribution in [1.29, 1.82) is 0 Å². The summed E-state index contributed by atoms with van der Waals surface area (Å²) in [5, 5.41) is 3.08. The maximum Gasteiger partial charge on any atom is 0.231 e. The SMILES string of the molecule is CNc1ccc2c(c1)CC(=O)N2C(C)CN. The molecule has 0 aromatic heterocycles. The van der Waals surface area contributed by atoms with Crippen LogP contribution in [-0.4, -0.2) is 25.5 Å². The summed E-state index contributed by atoms with van der Waals surface area (Å²) >= 11 is 0. The molecule has 0 radical (unpaired) electrons. The lowest BCUT2D eigenvalue weighted by atomic mass is 10.1. The van der Waals surface area contributed by atoms with Gasteiger partial charge in [-0.1, -0.05) is 0 Å². The van der Waals surface area contributed by atoms with Crippen LogP contribution < -0.4 is 16.0 Å². The van der Waals surface area contributed by atoms with E-state index >= 15 is 0 Å². The van der Waals surface area contributed by atoms with Crippen LogP contribution in [0, 0.1) is 0 Å². The summed E-state index contributed by atoms with van der Waals surface area (Å²) < 4.78 is 0. The Labute approximate surface area is 95.4 Å². The maximum absolute atomic E-state index is 11.9. The summed E-state index contributed by atoms with van der Waals surface area (Å²) in [6.45, 7) is 2.46. The Bertz CT molecular complexity index is 417. The van der Waals surface area contributed by atoms with Gasteiger partial charge in [0.2, 0.25) is 5.91 Å². The lowest BCUT2D eigenvalue weighted by molar-refractivity contribution is -0.117. The molecule has 1 amide bonds. The number of nitrogens with one attached hydrogen (secondary N) is 1. The first kappa shape index (κ1) is 11.0. The largest absolute Gasteiger partial charge is 0.388 e. The molecule has 3 N–H and O–H groups in total. The van der Waals surface area contributed by atoms with Crippen molar-refractivity contribution in [3.8, 4) is 0 Å². The van der Waals surface area contributed by atoms with E-state index in [-0.39, 0.29) is 11.9 Å². The molecule has 1 aliphatic rings. The van der Waals surface area contributed by atoms with Gasteiger partial charge in [-0.15, -0.1) is 0 Å². The van der Waals surface area contributed by atoms with Crippen molar-refractivity contribution in [2.75, 3.05) is 23.8 Å². The van der Waals surface area contributed by atoms with Crippen LogP contribution in [0.25, 0.3) is 0 Å². The molecule has 4 heteroatoms. The number of anilines is 2. The highest BCUT2D eigenvalue weighted by Crippen LogP contribution is 2.32. The van der Waals surface area contributed by atoms with Gasteiger partial charge in [-0.25, -0.2) is 0 Å². The molecule has 1 aliphatic heterocycles. The van der Waals surface area contributed by atoms with Crippen LogP contribution in [0.3, 0.4) is 0 Å². The molecule has 0 saturated heterocycles. The van der Waals surface area contributed by atoms with Gasteiger partial charge in [0, 0.05) is 31.0 Å². The Hall–Kier alpha value is -1.55. The molecular weight excluding hydrogens is 202 g/mol. The van der Waals surface area contributed by atoms with Crippen molar-refractivity contribution < 1.29 is 4.79 Å². The highest BCUT2D eigenvalue weighted by molar-refractivity contribution is 6.02. The fourth-order valence-electron chi connectivity index (χ4n) is 2.09. The second-order valence-corrected chi connectivity index (χ2v) is 4.12. The van der Waals surface area contributed by atoms with Gasteiger partial charge >= 0.3 is 0 Å². The van der Waals surface area contributed by atoms with E-state index in [1.54, 1.807) is 4.90 Å². The van der Waals surface area contributed by atoms with E-state index in [0.717, 1.165) is 16.9 Å². The summed E-state index contributed by atoms with van der Waals surface area (Å²) in [7, 11) is 1.87. The van der Waals surface area contributed by atoms with Gasteiger partial charge in [0.25, 0.3) is 0 Å². The molecule has 0 aliphatic carbocycles. The molecule has 0 saturated carbocycles. The van der Waals surface area contributed by atoms with Gasteiger partial charge in [-0.05, 0) is 30.7 Å². The number of carbonyl (C=O) groups excluding carboxylic acids is 1. The number of nitrogens with zero attached hydrogens (tertiary/aromatic N) is 1. The van der Waals surface area contributed by atoms with Gasteiger partial charge < -0.3 is 16.0 Å². The fraction of sp³-hybridized carbons (Fsp3) is 0.417. The van der Waals surface area contributed by atoms with Crippen molar-refractivity contribution in [2.24, 2.45) is 5.73 Å². The Morgan fingerprint density at radius 1 is 1.56 bits per heavy atom. The third-order valence-corrected chi connectivity index (χ3v) is 3.02. The first-order valence-corrected chi connectivity index (χ1v) is 5.50. The zero-order valence-corrected chi connectivity index (χ0v) is 9.66. The molecule has 0 bridgehead atoms. The Kier molecular flexibility index (Phi) is 2.83. The molecule has 16 heavy (non-hydrogen) atoms. The fourth-order valence-corrected chi connectivity index (χ4v) is 2.09. The van der Waals surface area contributed by atoms with Gasteiger partial charge in [0.1, 0.15) is 0 Å². The monoisotopic (exact) mass is 219 g/mol. The molecule has 1 aromatic rings. The molecule has 1 atom stereocenters. The van der Waals surface area contributed by atoms with E-state index in [1.165, 1.54) is 0 Å². The lowest BCUT2D eigenvalue weighted by Crippen LogP contribution is -2.40. The molecule has 1 heterocycles. The number of rotatable bonds is 3. The van der Waals surface area contributed by atoms with Crippen molar-refractivity contribution in [1.82, 2.24) is 0 Å². The zero-order chi connectivity index (χ0) is 11.7. The molecule has 2 rings (SSSR count). The van der Waals surface area contributed by atoms with Crippen LogP contribution in [0.1, 0.15) is 12.5 Å².